The summed E-state index contributed by atoms with van der Waals surface area (Å²) in [4.78, 5) is 0. The van der Waals surface area contributed by atoms with Crippen molar-refractivity contribution in [1.82, 2.24) is 0 Å². The highest BCUT2D eigenvalue weighted by molar-refractivity contribution is 5.84. The number of ether oxygens (including phenoxy) is 1. The Morgan fingerprint density at radius 3 is 2.75 bits per heavy atom. The van der Waals surface area contributed by atoms with Crippen molar-refractivity contribution < 1.29 is 9.31 Å². The molecule has 1 heterocycles. The normalized spacial score (nSPS) is 20.2. The summed E-state index contributed by atoms with van der Waals surface area (Å²) in [6.07, 6.45) is 3.86. The summed E-state index contributed by atoms with van der Waals surface area (Å²) in [6, 6.07) is 10.5. The van der Waals surface area contributed by atoms with Gasteiger partial charge in [-0.1, -0.05) is 18.2 Å². The van der Waals surface area contributed by atoms with Crippen LogP contribution in [0.4, 0.5) is 5.69 Å². The highest BCUT2D eigenvalue weighted by Crippen LogP contribution is 2.06. The summed E-state index contributed by atoms with van der Waals surface area (Å²) in [6.45, 7) is 2.91. The average Bonchev–Trinajstić information content (AvgIpc) is 2.62. The number of anilines is 1. The lowest BCUT2D eigenvalue weighted by atomic mass is 10.3. The molecule has 0 saturated carbocycles. The van der Waals surface area contributed by atoms with Crippen molar-refractivity contribution in [1.29, 1.82) is 0 Å². The second kappa shape index (κ2) is 4.84. The Bertz CT molecular complexity index is 409. The topological polar surface area (TPSA) is 24.3 Å². The number of para-hydroxylation sites is 1. The summed E-state index contributed by atoms with van der Waals surface area (Å²) in [5.41, 5.74) is 1.08. The zero-order valence-electron chi connectivity index (χ0n) is 9.68. The Morgan fingerprint density at radius 1 is 1.38 bits per heavy atom. The summed E-state index contributed by atoms with van der Waals surface area (Å²) in [5, 5.41) is 3.20. The molecule has 0 saturated heterocycles. The molecule has 1 aromatic carbocycles. The van der Waals surface area contributed by atoms with Gasteiger partial charge in [-0.05, 0) is 12.1 Å². The SMILES string of the molecule is CC1COC(C=CNc2ccccc2)=[N+]1C. The van der Waals surface area contributed by atoms with E-state index in [4.69, 9.17) is 4.74 Å². The van der Waals surface area contributed by atoms with Crippen LogP contribution in [0, 0.1) is 0 Å². The fourth-order valence-electron chi connectivity index (χ4n) is 1.55. The van der Waals surface area contributed by atoms with Crippen LogP contribution < -0.4 is 5.32 Å². The van der Waals surface area contributed by atoms with Crippen molar-refractivity contribution in [3.8, 4) is 0 Å². The minimum Gasteiger partial charge on any atom is -0.438 e. The minimum absolute atomic E-state index is 0.455. The summed E-state index contributed by atoms with van der Waals surface area (Å²) in [7, 11) is 2.04. The number of rotatable bonds is 3. The number of benzene rings is 1. The molecule has 0 bridgehead atoms. The molecule has 1 atom stereocenters. The molecule has 0 aromatic heterocycles. The smallest absolute Gasteiger partial charge is 0.364 e. The second-order valence-corrected chi connectivity index (χ2v) is 3.95. The molecule has 0 aliphatic carbocycles. The van der Waals surface area contributed by atoms with Gasteiger partial charge in [0.1, 0.15) is 7.05 Å². The quantitative estimate of drug-likeness (QED) is 0.784. The molecule has 0 spiro atoms. The van der Waals surface area contributed by atoms with Crippen molar-refractivity contribution in [2.24, 2.45) is 0 Å². The molecule has 0 radical (unpaired) electrons. The molecule has 0 fully saturated rings. The van der Waals surface area contributed by atoms with Gasteiger partial charge in [-0.3, -0.25) is 0 Å². The van der Waals surface area contributed by atoms with Gasteiger partial charge in [-0.15, -0.1) is 0 Å². The number of nitrogens with one attached hydrogen (secondary N) is 1. The maximum absolute atomic E-state index is 5.53. The predicted octanol–water partition coefficient (Wildman–Crippen LogP) is 2.07. The first-order valence-corrected chi connectivity index (χ1v) is 5.48. The van der Waals surface area contributed by atoms with E-state index < -0.39 is 0 Å². The summed E-state index contributed by atoms with van der Waals surface area (Å²) >= 11 is 0. The maximum Gasteiger partial charge on any atom is 0.364 e. The van der Waals surface area contributed by atoms with Gasteiger partial charge >= 0.3 is 5.90 Å². The van der Waals surface area contributed by atoms with E-state index in [1.165, 1.54) is 0 Å². The maximum atomic E-state index is 5.53. The molecule has 1 aliphatic heterocycles. The van der Waals surface area contributed by atoms with Gasteiger partial charge in [0.25, 0.3) is 0 Å². The van der Waals surface area contributed by atoms with Crippen molar-refractivity contribution in [3.63, 3.8) is 0 Å². The van der Waals surface area contributed by atoms with E-state index in [1.807, 2.05) is 49.7 Å². The predicted molar refractivity (Wildman–Crippen MR) is 65.8 cm³/mol. The van der Waals surface area contributed by atoms with E-state index in [9.17, 15) is 0 Å². The highest BCUT2D eigenvalue weighted by Gasteiger charge is 2.25. The van der Waals surface area contributed by atoms with Gasteiger partial charge in [0.2, 0.25) is 0 Å². The van der Waals surface area contributed by atoms with Gasteiger partial charge in [0, 0.05) is 18.8 Å². The third-order valence-corrected chi connectivity index (χ3v) is 2.73. The number of hydrogen-bond donors (Lipinski definition) is 1. The molecule has 1 N–H and O–H groups in total. The first kappa shape index (κ1) is 10.7. The zero-order chi connectivity index (χ0) is 11.4. The Balaban J connectivity index is 1.96. The van der Waals surface area contributed by atoms with Crippen molar-refractivity contribution >= 4 is 11.6 Å². The standard InChI is InChI=1S/C13H16N2O/c1-11-10-16-13(15(11)2)8-9-14-12-6-4-3-5-7-12/h3-9,11H,10H2,1-2H3/p+1. The van der Waals surface area contributed by atoms with Crippen LogP contribution in [0.2, 0.25) is 0 Å². The second-order valence-electron chi connectivity index (χ2n) is 3.95. The fraction of sp³-hybridized carbons (Fsp3) is 0.308. The minimum atomic E-state index is 0.455. The Labute approximate surface area is 96.1 Å². The molecular weight excluding hydrogens is 200 g/mol. The highest BCUT2D eigenvalue weighted by atomic mass is 16.5. The largest absolute Gasteiger partial charge is 0.438 e. The van der Waals surface area contributed by atoms with Gasteiger partial charge in [0.05, 0.1) is 6.08 Å². The lowest BCUT2D eigenvalue weighted by Crippen LogP contribution is -2.17. The van der Waals surface area contributed by atoms with Crippen molar-refractivity contribution in [2.45, 2.75) is 13.0 Å². The van der Waals surface area contributed by atoms with Crippen LogP contribution in [0.25, 0.3) is 0 Å². The Morgan fingerprint density at radius 2 is 2.12 bits per heavy atom. The zero-order valence-corrected chi connectivity index (χ0v) is 9.68. The molecule has 3 nitrogen and oxygen atoms in total. The number of hydrogen-bond acceptors (Lipinski definition) is 2. The Hall–Kier alpha value is -1.77. The molecule has 1 aliphatic rings. The van der Waals surface area contributed by atoms with Crippen LogP contribution in [0.1, 0.15) is 6.92 Å². The summed E-state index contributed by atoms with van der Waals surface area (Å²) in [5.74, 6) is 0.913. The van der Waals surface area contributed by atoms with Crippen LogP contribution in [0.15, 0.2) is 42.6 Å². The number of nitrogens with zero attached hydrogens (tertiary/aromatic N) is 1. The van der Waals surface area contributed by atoms with Crippen molar-refractivity contribution in [3.05, 3.63) is 42.6 Å². The van der Waals surface area contributed by atoms with Gasteiger partial charge in [0.15, 0.2) is 12.6 Å². The molecule has 1 aromatic rings. The number of likely N-dealkylation sites (N-methyl/N-ethyl adjacent to an activating group) is 1. The molecular formula is C13H17N2O+. The van der Waals surface area contributed by atoms with E-state index in [-0.39, 0.29) is 0 Å². The lowest BCUT2D eigenvalue weighted by Gasteiger charge is -1.98. The average molecular weight is 217 g/mol. The first-order chi connectivity index (χ1) is 7.77. The van der Waals surface area contributed by atoms with Crippen LogP contribution in [0.5, 0.6) is 0 Å². The summed E-state index contributed by atoms with van der Waals surface area (Å²) < 4.78 is 7.66. The first-order valence-electron chi connectivity index (χ1n) is 5.48. The van der Waals surface area contributed by atoms with Crippen LogP contribution in [-0.2, 0) is 4.74 Å². The molecule has 84 valence electrons. The monoisotopic (exact) mass is 217 g/mol. The molecule has 1 unspecified atom stereocenters. The molecule has 3 heteroatoms. The third kappa shape index (κ3) is 2.42. The van der Waals surface area contributed by atoms with E-state index in [0.29, 0.717) is 6.04 Å². The fourth-order valence-corrected chi connectivity index (χ4v) is 1.55. The van der Waals surface area contributed by atoms with E-state index >= 15 is 0 Å². The van der Waals surface area contributed by atoms with E-state index in [1.54, 1.807) is 0 Å². The molecule has 0 amide bonds. The van der Waals surface area contributed by atoms with Crippen LogP contribution >= 0.6 is 0 Å². The van der Waals surface area contributed by atoms with Gasteiger partial charge in [-0.2, -0.15) is 4.58 Å². The third-order valence-electron chi connectivity index (χ3n) is 2.73. The molecule has 16 heavy (non-hydrogen) atoms. The van der Waals surface area contributed by atoms with Crippen LogP contribution in [0.3, 0.4) is 0 Å². The Kier molecular flexibility index (Phi) is 3.25. The van der Waals surface area contributed by atoms with Crippen LogP contribution in [-0.4, -0.2) is 30.2 Å². The van der Waals surface area contributed by atoms with Crippen molar-refractivity contribution in [2.75, 3.05) is 19.0 Å². The van der Waals surface area contributed by atoms with E-state index in [0.717, 1.165) is 18.2 Å². The van der Waals surface area contributed by atoms with E-state index in [2.05, 4.69) is 16.8 Å². The van der Waals surface area contributed by atoms with Gasteiger partial charge in [-0.25, -0.2) is 0 Å². The van der Waals surface area contributed by atoms with Gasteiger partial charge < -0.3 is 10.1 Å². The lowest BCUT2D eigenvalue weighted by molar-refractivity contribution is -0.522. The molecule has 2 rings (SSSR count).